The molecule has 1 saturated carbocycles. The minimum atomic E-state index is -0.0600. The van der Waals surface area contributed by atoms with Gasteiger partial charge in [0, 0.05) is 6.54 Å². The number of hydrogen-bond acceptors (Lipinski definition) is 2. The van der Waals surface area contributed by atoms with E-state index in [-0.39, 0.29) is 6.10 Å². The van der Waals surface area contributed by atoms with Crippen LogP contribution in [0.1, 0.15) is 64.7 Å². The van der Waals surface area contributed by atoms with E-state index in [1.807, 2.05) is 0 Å². The van der Waals surface area contributed by atoms with E-state index in [1.165, 1.54) is 70.9 Å². The molecule has 2 unspecified atom stereocenters. The number of rotatable bonds is 5. The minimum Gasteiger partial charge on any atom is -0.392 e. The smallest absolute Gasteiger partial charge is 0.0695 e. The molecule has 106 valence electrons. The van der Waals surface area contributed by atoms with Crippen LogP contribution in [0.2, 0.25) is 0 Å². The first-order valence-electron chi connectivity index (χ1n) is 8.20. The second-order valence-corrected chi connectivity index (χ2v) is 6.50. The summed E-state index contributed by atoms with van der Waals surface area (Å²) < 4.78 is 0. The molecule has 2 fully saturated rings. The van der Waals surface area contributed by atoms with Crippen LogP contribution in [0.15, 0.2) is 0 Å². The van der Waals surface area contributed by atoms with E-state index in [9.17, 15) is 5.11 Å². The molecule has 1 aliphatic carbocycles. The average molecular weight is 253 g/mol. The van der Waals surface area contributed by atoms with Gasteiger partial charge < -0.3 is 10.0 Å². The fourth-order valence-electron chi connectivity index (χ4n) is 3.86. The Bertz CT molecular complexity index is 225. The lowest BCUT2D eigenvalue weighted by atomic mass is 9.96. The van der Waals surface area contributed by atoms with Crippen LogP contribution < -0.4 is 0 Å². The highest BCUT2D eigenvalue weighted by molar-refractivity contribution is 4.79. The third-order valence-corrected chi connectivity index (χ3v) is 5.03. The largest absolute Gasteiger partial charge is 0.392 e. The second kappa shape index (κ2) is 7.49. The highest BCUT2D eigenvalue weighted by atomic mass is 16.3. The third-order valence-electron chi connectivity index (χ3n) is 5.03. The van der Waals surface area contributed by atoms with Gasteiger partial charge in [-0.25, -0.2) is 0 Å². The van der Waals surface area contributed by atoms with Crippen LogP contribution in [0.4, 0.5) is 0 Å². The highest BCUT2D eigenvalue weighted by Gasteiger charge is 2.26. The van der Waals surface area contributed by atoms with Crippen molar-refractivity contribution in [1.29, 1.82) is 0 Å². The van der Waals surface area contributed by atoms with Gasteiger partial charge in [-0.3, -0.25) is 0 Å². The van der Waals surface area contributed by atoms with E-state index in [1.54, 1.807) is 0 Å². The molecule has 0 bridgehead atoms. The Labute approximate surface area is 113 Å². The van der Waals surface area contributed by atoms with E-state index in [4.69, 9.17) is 0 Å². The van der Waals surface area contributed by atoms with E-state index >= 15 is 0 Å². The Balaban J connectivity index is 1.72. The Morgan fingerprint density at radius 1 is 1.06 bits per heavy atom. The topological polar surface area (TPSA) is 23.5 Å². The molecule has 0 spiro atoms. The van der Waals surface area contributed by atoms with Crippen LogP contribution in [-0.2, 0) is 0 Å². The van der Waals surface area contributed by atoms with Gasteiger partial charge in [-0.15, -0.1) is 0 Å². The van der Waals surface area contributed by atoms with Crippen molar-refractivity contribution in [3.05, 3.63) is 0 Å². The number of nitrogens with zero attached hydrogens (tertiary/aromatic N) is 1. The molecule has 2 atom stereocenters. The summed E-state index contributed by atoms with van der Waals surface area (Å²) in [6.07, 6.45) is 11.9. The predicted molar refractivity (Wildman–Crippen MR) is 76.7 cm³/mol. The molecule has 2 heteroatoms. The first-order valence-corrected chi connectivity index (χ1v) is 8.20. The molecule has 1 heterocycles. The highest BCUT2D eigenvalue weighted by Crippen LogP contribution is 2.29. The minimum absolute atomic E-state index is 0.0600. The molecular formula is C16H31NO. The second-order valence-electron chi connectivity index (χ2n) is 6.50. The van der Waals surface area contributed by atoms with Crippen LogP contribution >= 0.6 is 0 Å². The Hall–Kier alpha value is -0.0800. The zero-order valence-corrected chi connectivity index (χ0v) is 12.1. The first kappa shape index (κ1) is 14.3. The van der Waals surface area contributed by atoms with Gasteiger partial charge >= 0.3 is 0 Å². The Morgan fingerprint density at radius 2 is 1.83 bits per heavy atom. The maximum absolute atomic E-state index is 10.3. The summed E-state index contributed by atoms with van der Waals surface area (Å²) in [5.41, 5.74) is 0. The van der Waals surface area contributed by atoms with Crippen molar-refractivity contribution in [3.8, 4) is 0 Å². The summed E-state index contributed by atoms with van der Waals surface area (Å²) in [6, 6.07) is 0. The maximum atomic E-state index is 10.3. The summed E-state index contributed by atoms with van der Waals surface area (Å²) >= 11 is 0. The molecule has 1 aliphatic heterocycles. The molecule has 1 saturated heterocycles. The number of hydrogen-bond donors (Lipinski definition) is 1. The van der Waals surface area contributed by atoms with Gasteiger partial charge in [0.25, 0.3) is 0 Å². The van der Waals surface area contributed by atoms with Crippen LogP contribution in [0.3, 0.4) is 0 Å². The molecule has 0 radical (unpaired) electrons. The predicted octanol–water partition coefficient (Wildman–Crippen LogP) is 3.44. The molecule has 0 aromatic heterocycles. The van der Waals surface area contributed by atoms with Gasteiger partial charge in [0.15, 0.2) is 0 Å². The number of β-amino-alcohol motifs (C(OH)–C–C–N with tert-alkyl or cyclic N) is 1. The molecule has 0 amide bonds. The Morgan fingerprint density at radius 3 is 2.56 bits per heavy atom. The molecule has 2 aliphatic rings. The lowest BCUT2D eigenvalue weighted by Gasteiger charge is -2.26. The number of aliphatic hydroxyl groups is 1. The normalized spacial score (nSPS) is 29.3. The molecular weight excluding hydrogens is 222 g/mol. The molecule has 2 rings (SSSR count). The maximum Gasteiger partial charge on any atom is 0.0695 e. The van der Waals surface area contributed by atoms with Crippen molar-refractivity contribution in [3.63, 3.8) is 0 Å². The number of aliphatic hydroxyl groups excluding tert-OH is 1. The van der Waals surface area contributed by atoms with Crippen molar-refractivity contribution in [2.45, 2.75) is 70.8 Å². The lowest BCUT2D eigenvalue weighted by molar-refractivity contribution is 0.0665. The van der Waals surface area contributed by atoms with Crippen molar-refractivity contribution in [2.24, 2.45) is 11.8 Å². The van der Waals surface area contributed by atoms with Crippen molar-refractivity contribution >= 4 is 0 Å². The van der Waals surface area contributed by atoms with Crippen molar-refractivity contribution in [1.82, 2.24) is 4.90 Å². The van der Waals surface area contributed by atoms with Crippen LogP contribution in [0.5, 0.6) is 0 Å². The van der Waals surface area contributed by atoms with E-state index in [0.29, 0.717) is 5.92 Å². The molecule has 0 aromatic rings. The van der Waals surface area contributed by atoms with Gasteiger partial charge in [0.1, 0.15) is 0 Å². The third kappa shape index (κ3) is 4.24. The molecule has 0 aromatic carbocycles. The summed E-state index contributed by atoms with van der Waals surface area (Å²) in [5.74, 6) is 1.54. The standard InChI is InChI=1S/C16H31NO/c1-2-6-14-7-5-11-17(12-10-14)13-16(18)15-8-3-4-9-15/h14-16,18H,2-13H2,1H3. The molecule has 1 N–H and O–H groups in total. The van der Waals surface area contributed by atoms with E-state index in [2.05, 4.69) is 11.8 Å². The van der Waals surface area contributed by atoms with Crippen LogP contribution in [0.25, 0.3) is 0 Å². The monoisotopic (exact) mass is 253 g/mol. The first-order chi connectivity index (χ1) is 8.79. The fourth-order valence-corrected chi connectivity index (χ4v) is 3.86. The summed E-state index contributed by atoms with van der Waals surface area (Å²) in [4.78, 5) is 2.53. The van der Waals surface area contributed by atoms with Gasteiger partial charge in [0.2, 0.25) is 0 Å². The average Bonchev–Trinajstić information content (AvgIpc) is 2.81. The molecule has 2 nitrogen and oxygen atoms in total. The quantitative estimate of drug-likeness (QED) is 0.811. The number of likely N-dealkylation sites (tertiary alicyclic amines) is 1. The summed E-state index contributed by atoms with van der Waals surface area (Å²) in [7, 11) is 0. The van der Waals surface area contributed by atoms with Gasteiger partial charge in [0.05, 0.1) is 6.10 Å². The zero-order chi connectivity index (χ0) is 12.8. The van der Waals surface area contributed by atoms with Crippen LogP contribution in [-0.4, -0.2) is 35.7 Å². The molecule has 18 heavy (non-hydrogen) atoms. The fraction of sp³-hybridized carbons (Fsp3) is 1.00. The summed E-state index contributed by atoms with van der Waals surface area (Å²) in [5, 5.41) is 10.3. The summed E-state index contributed by atoms with van der Waals surface area (Å²) in [6.45, 7) is 5.66. The van der Waals surface area contributed by atoms with E-state index in [0.717, 1.165) is 12.5 Å². The van der Waals surface area contributed by atoms with Crippen LogP contribution in [0, 0.1) is 11.8 Å². The van der Waals surface area contributed by atoms with Gasteiger partial charge in [-0.2, -0.15) is 0 Å². The van der Waals surface area contributed by atoms with Crippen molar-refractivity contribution in [2.75, 3.05) is 19.6 Å². The van der Waals surface area contributed by atoms with E-state index < -0.39 is 0 Å². The van der Waals surface area contributed by atoms with Gasteiger partial charge in [-0.05, 0) is 57.0 Å². The zero-order valence-electron chi connectivity index (χ0n) is 12.1. The van der Waals surface area contributed by atoms with Gasteiger partial charge in [-0.1, -0.05) is 32.6 Å². The SMILES string of the molecule is CCCC1CCCN(CC(O)C2CCCC2)CC1. The Kier molecular flexibility index (Phi) is 5.97. The lowest BCUT2D eigenvalue weighted by Crippen LogP contribution is -2.36. The van der Waals surface area contributed by atoms with Crippen molar-refractivity contribution < 1.29 is 5.11 Å².